The van der Waals surface area contributed by atoms with E-state index in [1.807, 2.05) is 49.3 Å². The Bertz CT molecular complexity index is 1070. The van der Waals surface area contributed by atoms with Gasteiger partial charge in [-0.2, -0.15) is 0 Å². The molecule has 0 unspecified atom stereocenters. The number of benzene rings is 2. The third kappa shape index (κ3) is 2.92. The fraction of sp³-hybridized carbons (Fsp3) is 0.105. The van der Waals surface area contributed by atoms with E-state index < -0.39 is 0 Å². The number of nitrogens with one attached hydrogen (secondary N) is 1. The molecule has 0 atom stereocenters. The zero-order chi connectivity index (χ0) is 17.4. The largest absolute Gasteiger partial charge is 0.363 e. The van der Waals surface area contributed by atoms with Crippen molar-refractivity contribution in [1.82, 2.24) is 9.97 Å². The number of carbonyl (C=O) groups excluding carboxylic acids is 1. The Hall–Kier alpha value is -2.99. The quantitative estimate of drug-likeness (QED) is 0.604. The first kappa shape index (κ1) is 15.5. The molecule has 0 bridgehead atoms. The Morgan fingerprint density at radius 3 is 2.68 bits per heavy atom. The summed E-state index contributed by atoms with van der Waals surface area (Å²) in [4.78, 5) is 23.2. The Balaban J connectivity index is 1.64. The van der Waals surface area contributed by atoms with Crippen LogP contribution in [0.15, 0.2) is 54.7 Å². The van der Waals surface area contributed by atoms with Crippen LogP contribution in [-0.4, -0.2) is 30.0 Å². The molecule has 25 heavy (non-hydrogen) atoms. The molecule has 0 spiro atoms. The summed E-state index contributed by atoms with van der Waals surface area (Å²) in [5.41, 5.74) is 1.43. The molecule has 0 radical (unpaired) electrons. The highest BCUT2D eigenvalue weighted by atomic mass is 32.1. The zero-order valence-corrected chi connectivity index (χ0v) is 14.7. The maximum Gasteiger partial charge on any atom is 0.259 e. The highest BCUT2D eigenvalue weighted by molar-refractivity contribution is 7.22. The summed E-state index contributed by atoms with van der Waals surface area (Å²) in [5, 5.41) is 5.70. The standard InChI is InChI=1S/C19H16N4OS/c1-23(2)16-10-8-13(11-20-16)18(24)22-19-21-17-14-6-4-3-5-12(14)7-9-15(17)25-19/h3-11H,1-2H3,(H,21,22,24). The summed E-state index contributed by atoms with van der Waals surface area (Å²) < 4.78 is 1.05. The van der Waals surface area contributed by atoms with E-state index in [1.54, 1.807) is 12.3 Å². The third-order valence-electron chi connectivity index (χ3n) is 3.97. The highest BCUT2D eigenvalue weighted by Gasteiger charge is 2.12. The van der Waals surface area contributed by atoms with Crippen LogP contribution in [0.2, 0.25) is 0 Å². The average Bonchev–Trinajstić information content (AvgIpc) is 3.04. The number of anilines is 2. The van der Waals surface area contributed by atoms with Gasteiger partial charge < -0.3 is 4.90 Å². The predicted octanol–water partition coefficient (Wildman–Crippen LogP) is 4.16. The van der Waals surface area contributed by atoms with Crippen molar-refractivity contribution >= 4 is 49.2 Å². The summed E-state index contributed by atoms with van der Waals surface area (Å²) >= 11 is 1.47. The second-order valence-electron chi connectivity index (χ2n) is 5.91. The van der Waals surface area contributed by atoms with Gasteiger partial charge in [0.05, 0.1) is 15.8 Å². The van der Waals surface area contributed by atoms with Crippen molar-refractivity contribution < 1.29 is 4.79 Å². The Kier molecular flexibility index (Phi) is 3.82. The van der Waals surface area contributed by atoms with E-state index in [1.165, 1.54) is 11.3 Å². The van der Waals surface area contributed by atoms with Gasteiger partial charge in [0.25, 0.3) is 5.91 Å². The molecule has 0 fully saturated rings. The summed E-state index contributed by atoms with van der Waals surface area (Å²) in [6.07, 6.45) is 1.58. The van der Waals surface area contributed by atoms with E-state index >= 15 is 0 Å². The highest BCUT2D eigenvalue weighted by Crippen LogP contribution is 2.31. The Morgan fingerprint density at radius 1 is 1.08 bits per heavy atom. The van der Waals surface area contributed by atoms with Gasteiger partial charge in [-0.3, -0.25) is 10.1 Å². The number of hydrogen-bond acceptors (Lipinski definition) is 5. The van der Waals surface area contributed by atoms with Crippen LogP contribution in [0.25, 0.3) is 21.0 Å². The number of thiazole rings is 1. The minimum Gasteiger partial charge on any atom is -0.363 e. The van der Waals surface area contributed by atoms with E-state index in [0.717, 1.165) is 26.8 Å². The molecule has 0 saturated heterocycles. The molecule has 1 N–H and O–H groups in total. The van der Waals surface area contributed by atoms with Crippen LogP contribution in [0.1, 0.15) is 10.4 Å². The molecule has 2 heterocycles. The SMILES string of the molecule is CN(C)c1ccc(C(=O)Nc2nc3c(ccc4ccccc43)s2)cn1. The number of hydrogen-bond donors (Lipinski definition) is 1. The lowest BCUT2D eigenvalue weighted by molar-refractivity contribution is 0.102. The first-order valence-corrected chi connectivity index (χ1v) is 8.66. The first-order chi connectivity index (χ1) is 12.1. The van der Waals surface area contributed by atoms with E-state index in [9.17, 15) is 4.79 Å². The maximum atomic E-state index is 12.4. The van der Waals surface area contributed by atoms with E-state index in [2.05, 4.69) is 27.4 Å². The lowest BCUT2D eigenvalue weighted by Crippen LogP contribution is -2.14. The second-order valence-corrected chi connectivity index (χ2v) is 6.94. The molecule has 0 saturated carbocycles. The van der Waals surface area contributed by atoms with E-state index in [4.69, 9.17) is 0 Å². The number of aromatic nitrogens is 2. The van der Waals surface area contributed by atoms with Crippen LogP contribution < -0.4 is 10.2 Å². The summed E-state index contributed by atoms with van der Waals surface area (Å²) in [6, 6.07) is 15.8. The minimum absolute atomic E-state index is 0.207. The topological polar surface area (TPSA) is 58.1 Å². The molecule has 5 nitrogen and oxygen atoms in total. The molecular weight excluding hydrogens is 332 g/mol. The Labute approximate surface area is 148 Å². The molecule has 2 aromatic carbocycles. The number of carbonyl (C=O) groups is 1. The summed E-state index contributed by atoms with van der Waals surface area (Å²) in [5.74, 6) is 0.601. The van der Waals surface area contributed by atoms with Crippen molar-refractivity contribution in [2.45, 2.75) is 0 Å². The van der Waals surface area contributed by atoms with Gasteiger partial charge in [-0.1, -0.05) is 41.7 Å². The van der Waals surface area contributed by atoms with Crippen LogP contribution in [0.4, 0.5) is 10.9 Å². The summed E-state index contributed by atoms with van der Waals surface area (Å²) in [7, 11) is 3.82. The molecule has 0 aliphatic carbocycles. The molecule has 1 amide bonds. The molecule has 2 aromatic heterocycles. The van der Waals surface area contributed by atoms with Crippen LogP contribution in [0, 0.1) is 0 Å². The molecule has 0 aliphatic heterocycles. The monoisotopic (exact) mass is 348 g/mol. The van der Waals surface area contributed by atoms with Crippen LogP contribution in [0.5, 0.6) is 0 Å². The van der Waals surface area contributed by atoms with Gasteiger partial charge in [0.1, 0.15) is 5.82 Å². The molecule has 4 rings (SSSR count). The number of pyridine rings is 1. The fourth-order valence-corrected chi connectivity index (χ4v) is 3.55. The molecule has 124 valence electrons. The number of nitrogens with zero attached hydrogens (tertiary/aromatic N) is 3. The third-order valence-corrected chi connectivity index (χ3v) is 4.91. The molecule has 0 aliphatic rings. The van der Waals surface area contributed by atoms with E-state index in [-0.39, 0.29) is 5.91 Å². The number of rotatable bonds is 3. The first-order valence-electron chi connectivity index (χ1n) is 7.85. The zero-order valence-electron chi connectivity index (χ0n) is 13.9. The van der Waals surface area contributed by atoms with Crippen LogP contribution >= 0.6 is 11.3 Å². The molecule has 6 heteroatoms. The van der Waals surface area contributed by atoms with Crippen molar-refractivity contribution in [2.24, 2.45) is 0 Å². The predicted molar refractivity (Wildman–Crippen MR) is 104 cm³/mol. The van der Waals surface area contributed by atoms with Gasteiger partial charge in [0.2, 0.25) is 0 Å². The summed E-state index contributed by atoms with van der Waals surface area (Å²) in [6.45, 7) is 0. The van der Waals surface area contributed by atoms with Crippen molar-refractivity contribution in [3.63, 3.8) is 0 Å². The van der Waals surface area contributed by atoms with Gasteiger partial charge in [-0.25, -0.2) is 9.97 Å². The second kappa shape index (κ2) is 6.14. The van der Waals surface area contributed by atoms with Crippen LogP contribution in [-0.2, 0) is 0 Å². The van der Waals surface area contributed by atoms with Gasteiger partial charge in [0.15, 0.2) is 5.13 Å². The van der Waals surface area contributed by atoms with Crippen molar-refractivity contribution in [1.29, 1.82) is 0 Å². The Morgan fingerprint density at radius 2 is 1.92 bits per heavy atom. The van der Waals surface area contributed by atoms with Gasteiger partial charge in [0, 0.05) is 25.7 Å². The lowest BCUT2D eigenvalue weighted by atomic mass is 10.1. The normalized spacial score (nSPS) is 11.0. The maximum absolute atomic E-state index is 12.4. The molecule has 4 aromatic rings. The minimum atomic E-state index is -0.207. The van der Waals surface area contributed by atoms with E-state index in [0.29, 0.717) is 10.7 Å². The van der Waals surface area contributed by atoms with Crippen molar-refractivity contribution in [2.75, 3.05) is 24.3 Å². The fourth-order valence-electron chi connectivity index (χ4n) is 2.67. The molecular formula is C19H16N4OS. The number of amides is 1. The average molecular weight is 348 g/mol. The lowest BCUT2D eigenvalue weighted by Gasteiger charge is -2.10. The van der Waals surface area contributed by atoms with Crippen LogP contribution in [0.3, 0.4) is 0 Å². The van der Waals surface area contributed by atoms with Crippen molar-refractivity contribution in [3.05, 3.63) is 60.3 Å². The van der Waals surface area contributed by atoms with Gasteiger partial charge >= 0.3 is 0 Å². The number of fused-ring (bicyclic) bond motifs is 3. The van der Waals surface area contributed by atoms with Gasteiger partial charge in [-0.15, -0.1) is 0 Å². The van der Waals surface area contributed by atoms with Gasteiger partial charge in [-0.05, 0) is 23.6 Å². The smallest absolute Gasteiger partial charge is 0.259 e. The van der Waals surface area contributed by atoms with Crippen molar-refractivity contribution in [3.8, 4) is 0 Å².